The summed E-state index contributed by atoms with van der Waals surface area (Å²) in [6.07, 6.45) is 1.86. The van der Waals surface area contributed by atoms with E-state index in [0.29, 0.717) is 11.8 Å². The van der Waals surface area contributed by atoms with Crippen molar-refractivity contribution in [2.24, 2.45) is 5.41 Å². The van der Waals surface area contributed by atoms with Gasteiger partial charge in [0.15, 0.2) is 0 Å². The van der Waals surface area contributed by atoms with E-state index in [1.807, 2.05) is 12.1 Å². The molecule has 6 heteroatoms. The third kappa shape index (κ3) is 3.86. The largest absolute Gasteiger partial charge is 0.465 e. The molecule has 1 aliphatic heterocycles. The summed E-state index contributed by atoms with van der Waals surface area (Å²) < 4.78 is 0. The SMILES string of the molecule is CC(C)(C)C1C(SCc2ncccc2S)CCN1C(=O)O. The number of rotatable bonds is 3. The molecule has 0 saturated carbocycles. The van der Waals surface area contributed by atoms with Gasteiger partial charge < -0.3 is 10.0 Å². The lowest BCUT2D eigenvalue weighted by atomic mass is 9.85. The van der Waals surface area contributed by atoms with Crippen LogP contribution in [0.2, 0.25) is 0 Å². The number of thioether (sulfide) groups is 1. The zero-order valence-electron chi connectivity index (χ0n) is 12.6. The van der Waals surface area contributed by atoms with Gasteiger partial charge in [0, 0.05) is 28.6 Å². The van der Waals surface area contributed by atoms with Crippen LogP contribution in [0.1, 0.15) is 32.9 Å². The number of nitrogens with zero attached hydrogens (tertiary/aromatic N) is 2. The highest BCUT2D eigenvalue weighted by atomic mass is 32.2. The quantitative estimate of drug-likeness (QED) is 0.830. The highest BCUT2D eigenvalue weighted by Crippen LogP contribution is 2.40. The summed E-state index contributed by atoms with van der Waals surface area (Å²) in [5.41, 5.74) is 0.896. The summed E-state index contributed by atoms with van der Waals surface area (Å²) >= 11 is 6.22. The Morgan fingerprint density at radius 3 is 2.86 bits per heavy atom. The molecule has 1 N–H and O–H groups in total. The lowest BCUT2D eigenvalue weighted by Gasteiger charge is -2.36. The van der Waals surface area contributed by atoms with E-state index in [1.54, 1.807) is 22.9 Å². The van der Waals surface area contributed by atoms with Gasteiger partial charge in [0.1, 0.15) is 0 Å². The first kappa shape index (κ1) is 16.5. The third-order valence-electron chi connectivity index (χ3n) is 3.78. The van der Waals surface area contributed by atoms with Crippen molar-refractivity contribution in [3.8, 4) is 0 Å². The highest BCUT2D eigenvalue weighted by Gasteiger charge is 2.44. The lowest BCUT2D eigenvalue weighted by Crippen LogP contribution is -2.46. The van der Waals surface area contributed by atoms with E-state index in [1.165, 1.54) is 0 Å². The van der Waals surface area contributed by atoms with Crippen LogP contribution in [0.15, 0.2) is 23.2 Å². The molecule has 0 bridgehead atoms. The van der Waals surface area contributed by atoms with Gasteiger partial charge in [0.2, 0.25) is 0 Å². The van der Waals surface area contributed by atoms with E-state index in [9.17, 15) is 9.90 Å². The Hall–Kier alpha value is -0.880. The summed E-state index contributed by atoms with van der Waals surface area (Å²) in [4.78, 5) is 18.3. The number of hydrogen-bond donors (Lipinski definition) is 2. The van der Waals surface area contributed by atoms with Crippen molar-refractivity contribution in [1.29, 1.82) is 0 Å². The van der Waals surface area contributed by atoms with Crippen LogP contribution in [-0.4, -0.2) is 38.9 Å². The van der Waals surface area contributed by atoms with Crippen LogP contribution in [0, 0.1) is 5.41 Å². The van der Waals surface area contributed by atoms with Crippen molar-refractivity contribution in [2.75, 3.05) is 6.54 Å². The predicted molar refractivity (Wildman–Crippen MR) is 89.2 cm³/mol. The highest BCUT2D eigenvalue weighted by molar-refractivity contribution is 7.99. The Morgan fingerprint density at radius 2 is 2.29 bits per heavy atom. The Labute approximate surface area is 135 Å². The second kappa shape index (κ2) is 6.48. The standard InChI is InChI=1S/C15H22N2O2S2/c1-15(2,3)13-12(6-8-17(13)14(18)19)21-9-10-11(20)5-4-7-16-10/h4-5,7,12-13,20H,6,8-9H2,1-3H3,(H,18,19). The van der Waals surface area contributed by atoms with E-state index in [-0.39, 0.29) is 11.5 Å². The second-order valence-electron chi connectivity index (χ2n) is 6.39. The van der Waals surface area contributed by atoms with Gasteiger partial charge in [-0.3, -0.25) is 4.98 Å². The number of likely N-dealkylation sites (tertiary alicyclic amines) is 1. The minimum atomic E-state index is -0.814. The molecule has 1 aromatic rings. The lowest BCUT2D eigenvalue weighted by molar-refractivity contribution is 0.108. The van der Waals surface area contributed by atoms with Crippen LogP contribution in [-0.2, 0) is 5.75 Å². The van der Waals surface area contributed by atoms with E-state index in [0.717, 1.165) is 22.8 Å². The fourth-order valence-electron chi connectivity index (χ4n) is 2.90. The monoisotopic (exact) mass is 326 g/mol. The molecule has 1 aromatic heterocycles. The molecule has 1 aliphatic rings. The van der Waals surface area contributed by atoms with E-state index < -0.39 is 6.09 Å². The number of pyridine rings is 1. The number of hydrogen-bond acceptors (Lipinski definition) is 4. The van der Waals surface area contributed by atoms with Crippen molar-refractivity contribution < 1.29 is 9.90 Å². The van der Waals surface area contributed by atoms with Gasteiger partial charge in [-0.05, 0) is 24.0 Å². The molecule has 116 valence electrons. The molecular formula is C15H22N2O2S2. The van der Waals surface area contributed by atoms with Crippen LogP contribution in [0.5, 0.6) is 0 Å². The van der Waals surface area contributed by atoms with Crippen molar-refractivity contribution in [3.05, 3.63) is 24.0 Å². The molecule has 1 amide bonds. The second-order valence-corrected chi connectivity index (χ2v) is 8.10. The molecule has 4 nitrogen and oxygen atoms in total. The molecule has 21 heavy (non-hydrogen) atoms. The third-order valence-corrected chi connectivity index (χ3v) is 5.54. The maximum absolute atomic E-state index is 11.4. The fourth-order valence-corrected chi connectivity index (χ4v) is 4.85. The van der Waals surface area contributed by atoms with Crippen molar-refractivity contribution in [3.63, 3.8) is 0 Å². The molecule has 1 saturated heterocycles. The smallest absolute Gasteiger partial charge is 0.407 e. The number of amides is 1. The fraction of sp³-hybridized carbons (Fsp3) is 0.600. The van der Waals surface area contributed by atoms with Gasteiger partial charge in [0.25, 0.3) is 0 Å². The average molecular weight is 326 g/mol. The first-order valence-corrected chi connectivity index (χ1v) is 8.54. The number of carbonyl (C=O) groups is 1. The minimum Gasteiger partial charge on any atom is -0.465 e. The molecule has 0 radical (unpaired) electrons. The Bertz CT molecular complexity index is 517. The van der Waals surface area contributed by atoms with Gasteiger partial charge in [-0.2, -0.15) is 0 Å². The summed E-state index contributed by atoms with van der Waals surface area (Å²) in [5.74, 6) is 0.768. The molecule has 2 unspecified atom stereocenters. The molecule has 2 rings (SSSR count). The van der Waals surface area contributed by atoms with Crippen molar-refractivity contribution in [1.82, 2.24) is 9.88 Å². The maximum Gasteiger partial charge on any atom is 0.407 e. The van der Waals surface area contributed by atoms with Crippen molar-refractivity contribution in [2.45, 2.75) is 49.1 Å². The topological polar surface area (TPSA) is 53.4 Å². The summed E-state index contributed by atoms with van der Waals surface area (Å²) in [6, 6.07) is 3.84. The van der Waals surface area contributed by atoms with E-state index in [2.05, 4.69) is 38.4 Å². The summed E-state index contributed by atoms with van der Waals surface area (Å²) in [5, 5.41) is 9.69. The van der Waals surface area contributed by atoms with Gasteiger partial charge in [-0.25, -0.2) is 4.79 Å². The molecule has 0 aromatic carbocycles. The minimum absolute atomic E-state index is 0.0343. The van der Waals surface area contributed by atoms with Crippen LogP contribution < -0.4 is 0 Å². The molecular weight excluding hydrogens is 304 g/mol. The number of carboxylic acid groups (broad SMARTS) is 1. The van der Waals surface area contributed by atoms with E-state index >= 15 is 0 Å². The number of aromatic nitrogens is 1. The molecule has 0 aliphatic carbocycles. The Kier molecular flexibility index (Phi) is 5.09. The van der Waals surface area contributed by atoms with Crippen molar-refractivity contribution >= 4 is 30.5 Å². The van der Waals surface area contributed by atoms with Gasteiger partial charge in [-0.1, -0.05) is 20.8 Å². The van der Waals surface area contributed by atoms with Gasteiger partial charge in [0.05, 0.1) is 11.7 Å². The summed E-state index contributed by atoms with van der Waals surface area (Å²) in [7, 11) is 0. The van der Waals surface area contributed by atoms with Crippen LogP contribution in [0.25, 0.3) is 0 Å². The Balaban J connectivity index is 2.09. The molecule has 2 atom stereocenters. The maximum atomic E-state index is 11.4. The van der Waals surface area contributed by atoms with Crippen LogP contribution in [0.3, 0.4) is 0 Å². The molecule has 2 heterocycles. The van der Waals surface area contributed by atoms with Crippen LogP contribution >= 0.6 is 24.4 Å². The zero-order chi connectivity index (χ0) is 15.6. The normalized spacial score (nSPS) is 22.6. The Morgan fingerprint density at radius 1 is 1.57 bits per heavy atom. The van der Waals surface area contributed by atoms with Gasteiger partial charge >= 0.3 is 6.09 Å². The van der Waals surface area contributed by atoms with E-state index in [4.69, 9.17) is 0 Å². The molecule has 1 fully saturated rings. The zero-order valence-corrected chi connectivity index (χ0v) is 14.3. The first-order chi connectivity index (χ1) is 9.80. The summed E-state index contributed by atoms with van der Waals surface area (Å²) in [6.45, 7) is 6.94. The predicted octanol–water partition coefficient (Wildman–Crippen LogP) is 3.77. The first-order valence-electron chi connectivity index (χ1n) is 7.04. The average Bonchev–Trinajstić information content (AvgIpc) is 2.82. The number of thiol groups is 1. The molecule has 0 spiro atoms. The van der Waals surface area contributed by atoms with Crippen LogP contribution in [0.4, 0.5) is 4.79 Å². The van der Waals surface area contributed by atoms with Gasteiger partial charge in [-0.15, -0.1) is 24.4 Å².